The molecule has 0 spiro atoms. The molecule has 162 valence electrons. The lowest BCUT2D eigenvalue weighted by Crippen LogP contribution is -2.48. The average Bonchev–Trinajstić information content (AvgIpc) is 2.77. The highest BCUT2D eigenvalue weighted by atomic mass is 35.5. The molecule has 1 N–H and O–H groups in total. The van der Waals surface area contributed by atoms with E-state index in [0.717, 1.165) is 5.56 Å². The van der Waals surface area contributed by atoms with Crippen LogP contribution in [0.5, 0.6) is 0 Å². The van der Waals surface area contributed by atoms with Crippen LogP contribution < -0.4 is 5.32 Å². The van der Waals surface area contributed by atoms with Gasteiger partial charge >= 0.3 is 0 Å². The maximum atomic E-state index is 13.2. The number of halogens is 1. The van der Waals surface area contributed by atoms with Gasteiger partial charge in [-0.3, -0.25) is 4.79 Å². The predicted octanol–water partition coefficient (Wildman–Crippen LogP) is 2.82. The number of rotatable bonds is 8. The Morgan fingerprint density at radius 3 is 2.40 bits per heavy atom. The molecule has 1 aliphatic heterocycles. The fourth-order valence-corrected chi connectivity index (χ4v) is 5.24. The van der Waals surface area contributed by atoms with Gasteiger partial charge in [-0.25, -0.2) is 8.42 Å². The number of benzene rings is 2. The van der Waals surface area contributed by atoms with Crippen molar-refractivity contribution in [2.75, 3.05) is 45.0 Å². The highest BCUT2D eigenvalue weighted by Gasteiger charge is 2.27. The van der Waals surface area contributed by atoms with Crippen LogP contribution in [0.3, 0.4) is 0 Å². The molecule has 3 rings (SSSR count). The first kappa shape index (κ1) is 22.7. The summed E-state index contributed by atoms with van der Waals surface area (Å²) in [5, 5.41) is 3.52. The normalized spacial score (nSPS) is 16.2. The number of sulfonamides is 1. The number of nitrogens with zero attached hydrogens (tertiary/aromatic N) is 2. The molecule has 2 aromatic carbocycles. The molecule has 0 radical (unpaired) electrons. The fourth-order valence-electron chi connectivity index (χ4n) is 3.58. The van der Waals surface area contributed by atoms with E-state index in [-0.39, 0.29) is 24.1 Å². The summed E-state index contributed by atoms with van der Waals surface area (Å²) in [6, 6.07) is 16.8. The maximum absolute atomic E-state index is 13.2. The van der Waals surface area contributed by atoms with Crippen molar-refractivity contribution in [3.05, 3.63) is 70.7 Å². The number of piperazine rings is 1. The molecule has 1 heterocycles. The summed E-state index contributed by atoms with van der Waals surface area (Å²) in [7, 11) is -3.44. The van der Waals surface area contributed by atoms with Crippen LogP contribution in [-0.4, -0.2) is 68.6 Å². The van der Waals surface area contributed by atoms with Crippen molar-refractivity contribution in [3.63, 3.8) is 0 Å². The molecule has 1 saturated heterocycles. The van der Waals surface area contributed by atoms with Crippen LogP contribution in [0.15, 0.2) is 54.6 Å². The van der Waals surface area contributed by atoms with Crippen molar-refractivity contribution in [2.45, 2.75) is 12.8 Å². The summed E-state index contributed by atoms with van der Waals surface area (Å²) < 4.78 is 27.1. The maximum Gasteiger partial charge on any atom is 0.255 e. The predicted molar refractivity (Wildman–Crippen MR) is 120 cm³/mol. The Bertz CT molecular complexity index is 947. The zero-order valence-corrected chi connectivity index (χ0v) is 18.7. The molecule has 1 aliphatic rings. The lowest BCUT2D eigenvalue weighted by molar-refractivity contribution is 0.0757. The molecule has 1 atom stereocenters. The van der Waals surface area contributed by atoms with Gasteiger partial charge in [0, 0.05) is 39.3 Å². The SMILES string of the molecule is C[C@@H](CN(CCS(=O)(=O)N1CCNCC1)C(=O)c1ccccc1Cl)c1ccccc1. The Morgan fingerprint density at radius 1 is 1.10 bits per heavy atom. The molecule has 8 heteroatoms. The Kier molecular flexibility index (Phi) is 7.88. The molecule has 0 unspecified atom stereocenters. The van der Waals surface area contributed by atoms with E-state index in [2.05, 4.69) is 5.32 Å². The van der Waals surface area contributed by atoms with Gasteiger partial charge in [0.25, 0.3) is 5.91 Å². The minimum Gasteiger partial charge on any atom is -0.337 e. The van der Waals surface area contributed by atoms with E-state index in [1.807, 2.05) is 37.3 Å². The summed E-state index contributed by atoms with van der Waals surface area (Å²) in [5.74, 6) is -0.302. The molecule has 6 nitrogen and oxygen atoms in total. The number of amides is 1. The highest BCUT2D eigenvalue weighted by molar-refractivity contribution is 7.89. The minimum absolute atomic E-state index is 0.0551. The summed E-state index contributed by atoms with van der Waals surface area (Å²) in [6.07, 6.45) is 0. The van der Waals surface area contributed by atoms with E-state index < -0.39 is 10.0 Å². The van der Waals surface area contributed by atoms with Gasteiger partial charge in [-0.1, -0.05) is 61.0 Å². The van der Waals surface area contributed by atoms with Crippen molar-refractivity contribution in [3.8, 4) is 0 Å². The van der Waals surface area contributed by atoms with Gasteiger partial charge < -0.3 is 10.2 Å². The number of hydrogen-bond donors (Lipinski definition) is 1. The molecule has 2 aromatic rings. The van der Waals surface area contributed by atoms with E-state index in [4.69, 9.17) is 11.6 Å². The van der Waals surface area contributed by atoms with Crippen LogP contribution in [0.2, 0.25) is 5.02 Å². The molecule has 0 saturated carbocycles. The molecule has 1 amide bonds. The fraction of sp³-hybridized carbons (Fsp3) is 0.409. The third-order valence-corrected chi connectivity index (χ3v) is 7.52. The Labute approximate surface area is 183 Å². The first-order chi connectivity index (χ1) is 14.4. The zero-order valence-electron chi connectivity index (χ0n) is 17.1. The lowest BCUT2D eigenvalue weighted by Gasteiger charge is -2.30. The summed E-state index contributed by atoms with van der Waals surface area (Å²) >= 11 is 6.25. The Hall–Kier alpha value is -1.93. The molecule has 0 aliphatic carbocycles. The van der Waals surface area contributed by atoms with Crippen LogP contribution >= 0.6 is 11.6 Å². The second-order valence-corrected chi connectivity index (χ2v) is 10.0. The zero-order chi connectivity index (χ0) is 21.6. The van der Waals surface area contributed by atoms with Gasteiger partial charge in [0.15, 0.2) is 0 Å². The largest absolute Gasteiger partial charge is 0.337 e. The van der Waals surface area contributed by atoms with Gasteiger partial charge in [-0.05, 0) is 23.6 Å². The van der Waals surface area contributed by atoms with Crippen molar-refractivity contribution in [1.82, 2.24) is 14.5 Å². The monoisotopic (exact) mass is 449 g/mol. The average molecular weight is 450 g/mol. The van der Waals surface area contributed by atoms with Gasteiger partial charge in [0.1, 0.15) is 0 Å². The van der Waals surface area contributed by atoms with Gasteiger partial charge in [0.2, 0.25) is 10.0 Å². The first-order valence-corrected chi connectivity index (χ1v) is 12.1. The third kappa shape index (κ3) is 5.82. The van der Waals surface area contributed by atoms with Gasteiger partial charge in [-0.2, -0.15) is 4.31 Å². The summed E-state index contributed by atoms with van der Waals surface area (Å²) in [4.78, 5) is 14.9. The third-order valence-electron chi connectivity index (χ3n) is 5.34. The first-order valence-electron chi connectivity index (χ1n) is 10.2. The smallest absolute Gasteiger partial charge is 0.255 e. The summed E-state index contributed by atoms with van der Waals surface area (Å²) in [6.45, 7) is 4.77. The minimum atomic E-state index is -3.44. The van der Waals surface area contributed by atoms with E-state index in [1.54, 1.807) is 29.2 Å². The highest BCUT2D eigenvalue weighted by Crippen LogP contribution is 2.21. The van der Waals surface area contributed by atoms with Crippen molar-refractivity contribution < 1.29 is 13.2 Å². The topological polar surface area (TPSA) is 69.7 Å². The lowest BCUT2D eigenvalue weighted by atomic mass is 10.0. The second-order valence-electron chi connectivity index (χ2n) is 7.51. The van der Waals surface area contributed by atoms with Crippen LogP contribution in [0.1, 0.15) is 28.8 Å². The summed E-state index contributed by atoms with van der Waals surface area (Å²) in [5.41, 5.74) is 1.48. The van der Waals surface area contributed by atoms with Gasteiger partial charge in [0.05, 0.1) is 16.3 Å². The number of nitrogens with one attached hydrogen (secondary N) is 1. The van der Waals surface area contributed by atoms with E-state index in [1.165, 1.54) is 4.31 Å². The standard InChI is InChI=1S/C22H28ClN3O3S/c1-18(19-7-3-2-4-8-19)17-25(22(27)20-9-5-6-10-21(20)23)15-16-30(28,29)26-13-11-24-12-14-26/h2-10,18,24H,11-17H2,1H3/t18-/m0/s1. The number of carbonyl (C=O) groups excluding carboxylic acids is 1. The second kappa shape index (κ2) is 10.4. The molecule has 30 heavy (non-hydrogen) atoms. The Balaban J connectivity index is 1.78. The van der Waals surface area contributed by atoms with Crippen molar-refractivity contribution >= 4 is 27.5 Å². The van der Waals surface area contributed by atoms with Crippen LogP contribution in [0.4, 0.5) is 0 Å². The van der Waals surface area contributed by atoms with Crippen LogP contribution in [0, 0.1) is 0 Å². The molecule has 0 bridgehead atoms. The quantitative estimate of drug-likeness (QED) is 0.672. The Morgan fingerprint density at radius 2 is 1.73 bits per heavy atom. The number of carbonyl (C=O) groups is 1. The molecule has 1 fully saturated rings. The van der Waals surface area contributed by atoms with Crippen molar-refractivity contribution in [2.24, 2.45) is 0 Å². The molecular weight excluding hydrogens is 422 g/mol. The van der Waals surface area contributed by atoms with Crippen molar-refractivity contribution in [1.29, 1.82) is 0 Å². The van der Waals surface area contributed by atoms with Crippen LogP contribution in [0.25, 0.3) is 0 Å². The van der Waals surface area contributed by atoms with E-state index >= 15 is 0 Å². The van der Waals surface area contributed by atoms with E-state index in [0.29, 0.717) is 43.3 Å². The molecular formula is C22H28ClN3O3S. The van der Waals surface area contributed by atoms with Gasteiger partial charge in [-0.15, -0.1) is 0 Å². The van der Waals surface area contributed by atoms with Crippen LogP contribution in [-0.2, 0) is 10.0 Å². The number of hydrogen-bond acceptors (Lipinski definition) is 4. The van der Waals surface area contributed by atoms with E-state index in [9.17, 15) is 13.2 Å². The molecule has 0 aromatic heterocycles.